The summed E-state index contributed by atoms with van der Waals surface area (Å²) in [7, 11) is 1.97. The maximum Gasteiger partial charge on any atom is 0.276 e. The zero-order valence-electron chi connectivity index (χ0n) is 13.2. The van der Waals surface area contributed by atoms with Crippen molar-refractivity contribution in [3.05, 3.63) is 35.9 Å². The first kappa shape index (κ1) is 15.0. The summed E-state index contributed by atoms with van der Waals surface area (Å²) in [5.41, 5.74) is 1.21. The molecule has 0 atom stereocenters. The highest BCUT2D eigenvalue weighted by molar-refractivity contribution is 5.94. The lowest BCUT2D eigenvalue weighted by molar-refractivity contribution is -0.540. The van der Waals surface area contributed by atoms with Gasteiger partial charge in [0.2, 0.25) is 5.91 Å². The lowest BCUT2D eigenvalue weighted by atomic mass is 10.2. The normalized spacial score (nSPS) is 18.9. The van der Waals surface area contributed by atoms with E-state index >= 15 is 0 Å². The summed E-state index contributed by atoms with van der Waals surface area (Å²) in [6.07, 6.45) is 2.30. The zero-order chi connectivity index (χ0) is 15.4. The number of carbonyl (C=O) groups is 1. The van der Waals surface area contributed by atoms with Crippen LogP contribution in [0.2, 0.25) is 0 Å². The molecule has 118 valence electrons. The van der Waals surface area contributed by atoms with Crippen molar-refractivity contribution in [2.75, 3.05) is 39.8 Å². The van der Waals surface area contributed by atoms with Crippen LogP contribution in [0.5, 0.6) is 0 Å². The summed E-state index contributed by atoms with van der Waals surface area (Å²) >= 11 is 0. The molecule has 1 aliphatic carbocycles. The van der Waals surface area contributed by atoms with Gasteiger partial charge in [0, 0.05) is 19.1 Å². The van der Waals surface area contributed by atoms with Crippen LogP contribution in [0.3, 0.4) is 0 Å². The molecular weight excluding hydrogens is 276 g/mol. The lowest BCUT2D eigenvalue weighted by Crippen LogP contribution is -2.49. The van der Waals surface area contributed by atoms with Crippen LogP contribution >= 0.6 is 0 Å². The van der Waals surface area contributed by atoms with Gasteiger partial charge < -0.3 is 5.32 Å². The van der Waals surface area contributed by atoms with E-state index in [2.05, 4.69) is 44.4 Å². The molecule has 0 spiro atoms. The molecule has 5 heteroatoms. The van der Waals surface area contributed by atoms with Crippen molar-refractivity contribution >= 4 is 11.7 Å². The van der Waals surface area contributed by atoms with Gasteiger partial charge in [-0.2, -0.15) is 0 Å². The quantitative estimate of drug-likeness (QED) is 0.619. The first-order valence-electron chi connectivity index (χ1n) is 8.13. The Morgan fingerprint density at radius 1 is 1.23 bits per heavy atom. The van der Waals surface area contributed by atoms with Gasteiger partial charge in [-0.3, -0.25) is 19.6 Å². The summed E-state index contributed by atoms with van der Waals surface area (Å²) in [6, 6.07) is 10.9. The second kappa shape index (κ2) is 6.92. The van der Waals surface area contributed by atoms with Gasteiger partial charge in [0.15, 0.2) is 0 Å². The topological polar surface area (TPSA) is 47.4 Å². The second-order valence-corrected chi connectivity index (χ2v) is 6.07. The monoisotopic (exact) mass is 301 g/mol. The predicted molar refractivity (Wildman–Crippen MR) is 87.2 cm³/mol. The van der Waals surface area contributed by atoms with Crippen LogP contribution in [0.25, 0.3) is 0 Å². The first-order chi connectivity index (χ1) is 10.8. The van der Waals surface area contributed by atoms with E-state index in [1.165, 1.54) is 11.4 Å². The maximum atomic E-state index is 11.9. The molecule has 1 aliphatic heterocycles. The predicted octanol–water partition coefficient (Wildman–Crippen LogP) is 0.259. The standard InChI is InChI=1S/C17H24N4O/c1-18-17(14-5-3-2-4-6-14)21-11-9-20(10-12-21)13-16(22)19-15-7-8-15/h2-6,15H,7-13H2,1H3,(H,19,22)/p+1. The van der Waals surface area contributed by atoms with Crippen molar-refractivity contribution in [3.63, 3.8) is 0 Å². The summed E-state index contributed by atoms with van der Waals surface area (Å²) in [5.74, 6) is 1.35. The third-order valence-corrected chi connectivity index (χ3v) is 4.28. The molecule has 1 saturated heterocycles. The largest absolute Gasteiger partial charge is 0.352 e. The molecule has 5 nitrogen and oxygen atoms in total. The number of hydrogen-bond acceptors (Lipinski definition) is 2. The molecule has 0 radical (unpaired) electrons. The number of piperazine rings is 1. The molecule has 1 aromatic rings. The smallest absolute Gasteiger partial charge is 0.276 e. The highest BCUT2D eigenvalue weighted by atomic mass is 16.2. The minimum Gasteiger partial charge on any atom is -0.352 e. The van der Waals surface area contributed by atoms with E-state index < -0.39 is 0 Å². The van der Waals surface area contributed by atoms with E-state index in [-0.39, 0.29) is 5.91 Å². The second-order valence-electron chi connectivity index (χ2n) is 6.07. The molecule has 0 bridgehead atoms. The fourth-order valence-corrected chi connectivity index (χ4v) is 2.91. The molecule has 0 aromatic heterocycles. The van der Waals surface area contributed by atoms with Crippen LogP contribution in [0.15, 0.2) is 30.3 Å². The molecule has 22 heavy (non-hydrogen) atoms. The van der Waals surface area contributed by atoms with Crippen LogP contribution in [0.4, 0.5) is 0 Å². The van der Waals surface area contributed by atoms with E-state index in [0.29, 0.717) is 12.6 Å². The fourth-order valence-electron chi connectivity index (χ4n) is 2.91. The lowest BCUT2D eigenvalue weighted by Gasteiger charge is -2.27. The average molecular weight is 301 g/mol. The van der Waals surface area contributed by atoms with E-state index in [9.17, 15) is 4.79 Å². The van der Waals surface area contributed by atoms with Gasteiger partial charge in [-0.25, -0.2) is 0 Å². The Hall–Kier alpha value is -1.88. The van der Waals surface area contributed by atoms with Crippen LogP contribution in [0, 0.1) is 0 Å². The maximum absolute atomic E-state index is 11.9. The number of amidine groups is 1. The van der Waals surface area contributed by atoms with Gasteiger partial charge >= 0.3 is 0 Å². The Kier molecular flexibility index (Phi) is 4.73. The summed E-state index contributed by atoms with van der Waals surface area (Å²) in [6.45, 7) is 4.28. The molecule has 1 amide bonds. The number of nitrogens with zero attached hydrogens (tertiary/aromatic N) is 2. The van der Waals surface area contributed by atoms with E-state index in [1.807, 2.05) is 13.1 Å². The van der Waals surface area contributed by atoms with Gasteiger partial charge in [0.05, 0.1) is 32.2 Å². The third-order valence-electron chi connectivity index (χ3n) is 4.28. The highest BCUT2D eigenvalue weighted by Gasteiger charge is 2.26. The number of nitrogens with one attached hydrogen (secondary N) is 2. The number of hydrogen-bond donors (Lipinski definition) is 2. The number of amides is 1. The number of rotatable bonds is 4. The average Bonchev–Trinajstić information content (AvgIpc) is 3.34. The summed E-state index contributed by atoms with van der Waals surface area (Å²) in [4.78, 5) is 14.1. The van der Waals surface area contributed by atoms with Crippen molar-refractivity contribution in [2.45, 2.75) is 18.9 Å². The van der Waals surface area contributed by atoms with Crippen LogP contribution in [0.1, 0.15) is 18.4 Å². The third kappa shape index (κ3) is 3.85. The Balaban J connectivity index is 1.57. The van der Waals surface area contributed by atoms with Crippen LogP contribution in [-0.2, 0) is 4.79 Å². The minimum absolute atomic E-state index is 0.178. The van der Waals surface area contributed by atoms with Gasteiger partial charge in [0.1, 0.15) is 0 Å². The summed E-state index contributed by atoms with van der Waals surface area (Å²) in [5, 5.41) is 6.38. The SMILES string of the molecule is CNC(c1ccccc1)=[N+]1CCN(CC(=O)NC2CC2)CC1. The van der Waals surface area contributed by atoms with Crippen LogP contribution in [-0.4, -0.2) is 67.0 Å². The minimum atomic E-state index is 0.178. The van der Waals surface area contributed by atoms with Gasteiger partial charge in [-0.15, -0.1) is 0 Å². The molecule has 1 heterocycles. The zero-order valence-corrected chi connectivity index (χ0v) is 13.2. The highest BCUT2D eigenvalue weighted by Crippen LogP contribution is 2.18. The van der Waals surface area contributed by atoms with E-state index in [0.717, 1.165) is 39.0 Å². The Morgan fingerprint density at radius 3 is 2.50 bits per heavy atom. The molecule has 2 N–H and O–H groups in total. The molecule has 2 fully saturated rings. The molecule has 2 aliphatic rings. The van der Waals surface area contributed by atoms with E-state index in [4.69, 9.17) is 0 Å². The molecule has 1 aromatic carbocycles. The van der Waals surface area contributed by atoms with Crippen molar-refractivity contribution in [1.82, 2.24) is 15.5 Å². The molecular formula is C17H25N4O+. The van der Waals surface area contributed by atoms with Crippen LogP contribution < -0.4 is 10.6 Å². The van der Waals surface area contributed by atoms with Crippen molar-refractivity contribution in [1.29, 1.82) is 0 Å². The van der Waals surface area contributed by atoms with Gasteiger partial charge in [0.25, 0.3) is 5.84 Å². The fraction of sp³-hybridized carbons (Fsp3) is 0.529. The Bertz CT molecular complexity index is 541. The summed E-state index contributed by atoms with van der Waals surface area (Å²) < 4.78 is 2.37. The Morgan fingerprint density at radius 2 is 1.91 bits per heavy atom. The van der Waals surface area contributed by atoms with E-state index in [1.54, 1.807) is 0 Å². The Labute approximate surface area is 132 Å². The number of benzene rings is 1. The first-order valence-corrected chi connectivity index (χ1v) is 8.13. The number of carbonyl (C=O) groups excluding carboxylic acids is 1. The van der Waals surface area contributed by atoms with Gasteiger partial charge in [-0.05, 0) is 25.0 Å². The molecule has 3 rings (SSSR count). The van der Waals surface area contributed by atoms with Crippen molar-refractivity contribution in [3.8, 4) is 0 Å². The van der Waals surface area contributed by atoms with Crippen molar-refractivity contribution in [2.24, 2.45) is 0 Å². The molecule has 1 saturated carbocycles. The molecule has 0 unspecified atom stereocenters. The van der Waals surface area contributed by atoms with Gasteiger partial charge in [-0.1, -0.05) is 18.2 Å². The van der Waals surface area contributed by atoms with Crippen molar-refractivity contribution < 1.29 is 9.37 Å².